The van der Waals surface area contributed by atoms with E-state index in [-0.39, 0.29) is 0 Å². The lowest BCUT2D eigenvalue weighted by atomic mass is 10.1. The lowest BCUT2D eigenvalue weighted by molar-refractivity contribution is 0.526. The van der Waals surface area contributed by atoms with Gasteiger partial charge in [0.15, 0.2) is 10.4 Å². The lowest BCUT2D eigenvalue weighted by Crippen LogP contribution is -1.99. The first-order valence-corrected chi connectivity index (χ1v) is 5.12. The molecule has 0 radical (unpaired) electrons. The first kappa shape index (κ1) is 10.9. The van der Waals surface area contributed by atoms with Gasteiger partial charge in [0, 0.05) is 0 Å². The molecule has 1 rings (SSSR count). The van der Waals surface area contributed by atoms with E-state index in [1.165, 1.54) is 0 Å². The number of hydrogen-bond acceptors (Lipinski definition) is 3. The Morgan fingerprint density at radius 1 is 1.64 bits per heavy atom. The topological polar surface area (TPSA) is 63.0 Å². The van der Waals surface area contributed by atoms with Gasteiger partial charge in [-0.05, 0) is 34.5 Å². The van der Waals surface area contributed by atoms with Crippen LogP contribution < -0.4 is 5.73 Å². The zero-order valence-corrected chi connectivity index (χ0v) is 9.47. The number of nitrogens with two attached hydrogens (primary N) is 1. The van der Waals surface area contributed by atoms with Gasteiger partial charge in [0.2, 0.25) is 0 Å². The average molecular weight is 255 g/mol. The van der Waals surface area contributed by atoms with Crippen molar-refractivity contribution < 1.29 is 4.42 Å². The quantitative estimate of drug-likeness (QED) is 0.844. The Morgan fingerprint density at radius 2 is 2.36 bits per heavy atom. The van der Waals surface area contributed by atoms with Crippen molar-refractivity contribution in [2.75, 3.05) is 0 Å². The molecule has 1 heterocycles. The summed E-state index contributed by atoms with van der Waals surface area (Å²) in [6.07, 6.45) is 1.58. The van der Waals surface area contributed by atoms with Crippen LogP contribution in [0.1, 0.15) is 25.5 Å². The fraction of sp³-hybridized carbons (Fsp3) is 0.300. The summed E-state index contributed by atoms with van der Waals surface area (Å²) in [6.45, 7) is 2.00. The molecular formula is C10H11BrN2O. The van der Waals surface area contributed by atoms with Crippen LogP contribution in [0.5, 0.6) is 0 Å². The average Bonchev–Trinajstić information content (AvgIpc) is 2.60. The molecule has 0 aliphatic heterocycles. The van der Waals surface area contributed by atoms with Crippen molar-refractivity contribution in [3.05, 3.63) is 28.1 Å². The van der Waals surface area contributed by atoms with Crippen LogP contribution >= 0.6 is 15.9 Å². The van der Waals surface area contributed by atoms with Crippen LogP contribution in [0.25, 0.3) is 5.70 Å². The van der Waals surface area contributed by atoms with Crippen molar-refractivity contribution in [1.82, 2.24) is 0 Å². The zero-order valence-electron chi connectivity index (χ0n) is 7.88. The number of nitrogens with zero attached hydrogens (tertiary/aromatic N) is 1. The Morgan fingerprint density at radius 3 is 2.79 bits per heavy atom. The minimum Gasteiger partial charge on any atom is -0.448 e. The third-order valence-electron chi connectivity index (χ3n) is 1.80. The Balaban J connectivity index is 3.02. The molecule has 0 aliphatic rings. The molecule has 14 heavy (non-hydrogen) atoms. The van der Waals surface area contributed by atoms with Crippen molar-refractivity contribution in [2.45, 2.75) is 19.8 Å². The third kappa shape index (κ3) is 2.39. The van der Waals surface area contributed by atoms with Gasteiger partial charge in [0.25, 0.3) is 0 Å². The van der Waals surface area contributed by atoms with Gasteiger partial charge in [-0.2, -0.15) is 5.26 Å². The molecule has 0 aliphatic carbocycles. The molecule has 0 bridgehead atoms. The molecule has 0 unspecified atom stereocenters. The highest BCUT2D eigenvalue weighted by molar-refractivity contribution is 9.10. The van der Waals surface area contributed by atoms with E-state index >= 15 is 0 Å². The molecule has 1 aromatic heterocycles. The molecule has 4 heteroatoms. The lowest BCUT2D eigenvalue weighted by Gasteiger charge is -2.00. The molecule has 0 aromatic carbocycles. The highest BCUT2D eigenvalue weighted by atomic mass is 79.9. The zero-order chi connectivity index (χ0) is 10.6. The van der Waals surface area contributed by atoms with E-state index < -0.39 is 0 Å². The molecule has 0 saturated carbocycles. The molecule has 2 N–H and O–H groups in total. The molecule has 1 aromatic rings. The summed E-state index contributed by atoms with van der Waals surface area (Å²) in [5, 5.41) is 8.85. The van der Waals surface area contributed by atoms with Gasteiger partial charge in [-0.25, -0.2) is 0 Å². The number of hydrogen-bond donors (Lipinski definition) is 1. The van der Waals surface area contributed by atoms with Gasteiger partial charge < -0.3 is 10.2 Å². The van der Waals surface area contributed by atoms with E-state index in [1.807, 2.05) is 6.92 Å². The number of nitriles is 1. The SMILES string of the molecule is CCC/C(C#N)=C(/N)c1ccc(Br)o1. The summed E-state index contributed by atoms with van der Waals surface area (Å²) in [4.78, 5) is 0. The number of rotatable bonds is 3. The second-order valence-corrected chi connectivity index (χ2v) is 3.64. The summed E-state index contributed by atoms with van der Waals surface area (Å²) < 4.78 is 5.87. The summed E-state index contributed by atoms with van der Waals surface area (Å²) in [5.74, 6) is 0.543. The number of halogens is 1. The number of furan rings is 1. The molecule has 0 saturated heterocycles. The predicted octanol–water partition coefficient (Wildman–Crippen LogP) is 3.04. The highest BCUT2D eigenvalue weighted by Gasteiger charge is 2.08. The van der Waals surface area contributed by atoms with Gasteiger partial charge in [-0.3, -0.25) is 0 Å². The molecule has 74 valence electrons. The Bertz CT molecular complexity index is 387. The van der Waals surface area contributed by atoms with Gasteiger partial charge in [-0.15, -0.1) is 0 Å². The van der Waals surface area contributed by atoms with Gasteiger partial charge >= 0.3 is 0 Å². The Labute approximate surface area is 91.3 Å². The predicted molar refractivity (Wildman–Crippen MR) is 58.0 cm³/mol. The van der Waals surface area contributed by atoms with Crippen LogP contribution in [0.2, 0.25) is 0 Å². The van der Waals surface area contributed by atoms with E-state index in [9.17, 15) is 0 Å². The fourth-order valence-electron chi connectivity index (χ4n) is 1.11. The van der Waals surface area contributed by atoms with Crippen molar-refractivity contribution >= 4 is 21.6 Å². The van der Waals surface area contributed by atoms with Crippen LogP contribution in [0, 0.1) is 11.3 Å². The maximum Gasteiger partial charge on any atom is 0.169 e. The second kappa shape index (κ2) is 4.87. The maximum atomic E-state index is 8.85. The van der Waals surface area contributed by atoms with Crippen LogP contribution in [0.15, 0.2) is 26.8 Å². The Kier molecular flexibility index (Phi) is 3.78. The first-order chi connectivity index (χ1) is 6.69. The summed E-state index contributed by atoms with van der Waals surface area (Å²) in [7, 11) is 0. The van der Waals surface area contributed by atoms with Gasteiger partial charge in [-0.1, -0.05) is 13.3 Å². The van der Waals surface area contributed by atoms with Crippen LogP contribution in [-0.2, 0) is 0 Å². The molecule has 3 nitrogen and oxygen atoms in total. The first-order valence-electron chi connectivity index (χ1n) is 4.33. The Hall–Kier alpha value is -1.21. The minimum atomic E-state index is 0.431. The van der Waals surface area contributed by atoms with Crippen molar-refractivity contribution in [3.8, 4) is 6.07 Å². The summed E-state index contributed by atoms with van der Waals surface area (Å²) >= 11 is 3.18. The monoisotopic (exact) mass is 254 g/mol. The smallest absolute Gasteiger partial charge is 0.169 e. The third-order valence-corrected chi connectivity index (χ3v) is 2.22. The highest BCUT2D eigenvalue weighted by Crippen LogP contribution is 2.21. The van der Waals surface area contributed by atoms with Crippen molar-refractivity contribution in [2.24, 2.45) is 5.73 Å². The van der Waals surface area contributed by atoms with Crippen molar-refractivity contribution in [3.63, 3.8) is 0 Å². The van der Waals surface area contributed by atoms with E-state index in [0.717, 1.165) is 6.42 Å². The molecule has 0 amide bonds. The summed E-state index contributed by atoms with van der Waals surface area (Å²) in [5.41, 5.74) is 6.80. The van der Waals surface area contributed by atoms with E-state index in [0.29, 0.717) is 28.1 Å². The van der Waals surface area contributed by atoms with Crippen LogP contribution in [0.4, 0.5) is 0 Å². The van der Waals surface area contributed by atoms with Crippen molar-refractivity contribution in [1.29, 1.82) is 5.26 Å². The van der Waals surface area contributed by atoms with E-state index in [1.54, 1.807) is 12.1 Å². The van der Waals surface area contributed by atoms with E-state index in [4.69, 9.17) is 15.4 Å². The normalized spacial score (nSPS) is 12.1. The van der Waals surface area contributed by atoms with Crippen LogP contribution in [-0.4, -0.2) is 0 Å². The largest absolute Gasteiger partial charge is 0.448 e. The molecule has 0 fully saturated rings. The van der Waals surface area contributed by atoms with Gasteiger partial charge in [0.1, 0.15) is 0 Å². The standard InChI is InChI=1S/C10H11BrN2O/c1-2-3-7(6-12)10(13)8-4-5-9(11)14-8/h4-5H,2-3,13H2,1H3/b10-7-. The summed E-state index contributed by atoms with van der Waals surface area (Å²) in [6, 6.07) is 5.59. The maximum absolute atomic E-state index is 8.85. The minimum absolute atomic E-state index is 0.431. The fourth-order valence-corrected chi connectivity index (χ4v) is 1.42. The van der Waals surface area contributed by atoms with Crippen LogP contribution in [0.3, 0.4) is 0 Å². The molecule has 0 atom stereocenters. The second-order valence-electron chi connectivity index (χ2n) is 2.86. The van der Waals surface area contributed by atoms with E-state index in [2.05, 4.69) is 22.0 Å². The van der Waals surface area contributed by atoms with Gasteiger partial charge in [0.05, 0.1) is 17.3 Å². The molecule has 0 spiro atoms. The number of allylic oxidation sites excluding steroid dienone is 1. The molecular weight excluding hydrogens is 244 g/mol.